The third-order valence-corrected chi connectivity index (χ3v) is 5.35. The van der Waals surface area contributed by atoms with Crippen molar-refractivity contribution in [3.63, 3.8) is 0 Å². The molecule has 162 valence electrons. The molecule has 0 spiro atoms. The molecular weight excluding hydrogens is 416 g/mol. The van der Waals surface area contributed by atoms with Crippen LogP contribution in [0.4, 0.5) is 0 Å². The number of ether oxygens (including phenoxy) is 1. The van der Waals surface area contributed by atoms with Crippen molar-refractivity contribution in [2.24, 2.45) is 0 Å². The summed E-state index contributed by atoms with van der Waals surface area (Å²) in [7, 11) is 1.39. The van der Waals surface area contributed by atoms with E-state index in [1.54, 1.807) is 0 Å². The first-order valence-corrected chi connectivity index (χ1v) is 9.78. The number of nitrogens with one attached hydrogen (secondary N) is 1. The lowest BCUT2D eigenvalue weighted by Gasteiger charge is -2.36. The van der Waals surface area contributed by atoms with Crippen molar-refractivity contribution in [1.82, 2.24) is 19.7 Å². The molecule has 1 aliphatic rings. The van der Waals surface area contributed by atoms with Crippen LogP contribution < -0.4 is 16.6 Å². The zero-order valence-corrected chi connectivity index (χ0v) is 17.1. The largest absolute Gasteiger partial charge is 0.389 e. The maximum absolute atomic E-state index is 12.7. The zero-order valence-electron chi connectivity index (χ0n) is 16.4. The fraction of sp³-hybridized carbons (Fsp3) is 0.474. The second-order valence-corrected chi connectivity index (χ2v) is 7.73. The minimum Gasteiger partial charge on any atom is -0.389 e. The Kier molecular flexibility index (Phi) is 6.71. The Bertz CT molecular complexity index is 1050. The van der Waals surface area contributed by atoms with Gasteiger partial charge < -0.3 is 20.3 Å². The molecular formula is C19H23ClN4O6. The number of hydrogen-bond acceptors (Lipinski definition) is 7. The highest BCUT2D eigenvalue weighted by Crippen LogP contribution is 2.30. The van der Waals surface area contributed by atoms with Crippen molar-refractivity contribution < 1.29 is 19.7 Å². The first-order chi connectivity index (χ1) is 14.2. The summed E-state index contributed by atoms with van der Waals surface area (Å²) in [6.07, 6.45) is 2.04. The van der Waals surface area contributed by atoms with E-state index in [1.807, 2.05) is 0 Å². The number of aliphatic hydroxyl groups excluding tert-OH is 1. The van der Waals surface area contributed by atoms with Crippen LogP contribution in [0.1, 0.15) is 29.6 Å². The normalized spacial score (nSPS) is 16.0. The maximum Gasteiger partial charge on any atom is 0.352 e. The highest BCUT2D eigenvalue weighted by Gasteiger charge is 2.34. The van der Waals surface area contributed by atoms with E-state index in [-0.39, 0.29) is 36.0 Å². The summed E-state index contributed by atoms with van der Waals surface area (Å²) >= 11 is 6.14. The topological polar surface area (TPSA) is 136 Å². The third-order valence-electron chi connectivity index (χ3n) is 5.02. The minimum atomic E-state index is -1.06. The smallest absolute Gasteiger partial charge is 0.352 e. The van der Waals surface area contributed by atoms with E-state index >= 15 is 0 Å². The molecule has 1 aromatic carbocycles. The van der Waals surface area contributed by atoms with E-state index in [1.165, 1.54) is 25.3 Å². The van der Waals surface area contributed by atoms with Crippen LogP contribution in [-0.4, -0.2) is 62.4 Å². The Morgan fingerprint density at radius 1 is 1.40 bits per heavy atom. The summed E-state index contributed by atoms with van der Waals surface area (Å²) in [6, 6.07) is 4.29. The molecule has 3 N–H and O–H groups in total. The Hall–Kier alpha value is -2.53. The Morgan fingerprint density at radius 2 is 2.13 bits per heavy atom. The molecule has 0 saturated heterocycles. The molecule has 0 radical (unpaired) electrons. The van der Waals surface area contributed by atoms with Gasteiger partial charge in [0.25, 0.3) is 11.5 Å². The van der Waals surface area contributed by atoms with Crippen molar-refractivity contribution >= 4 is 17.5 Å². The SMILES string of the molecule is COC[C@H](O)Cn1c(=O)cnn(-c2ccc(Cl)c(C(=O)NCC3(O)CCC3)c2)c1=O. The fourth-order valence-corrected chi connectivity index (χ4v) is 3.36. The molecule has 1 amide bonds. The van der Waals surface area contributed by atoms with Gasteiger partial charge in [0.05, 0.1) is 41.1 Å². The average molecular weight is 439 g/mol. The van der Waals surface area contributed by atoms with Gasteiger partial charge in [0.15, 0.2) is 0 Å². The van der Waals surface area contributed by atoms with Gasteiger partial charge in [-0.2, -0.15) is 9.78 Å². The van der Waals surface area contributed by atoms with E-state index in [9.17, 15) is 24.6 Å². The monoisotopic (exact) mass is 438 g/mol. The van der Waals surface area contributed by atoms with Crippen LogP contribution in [0.25, 0.3) is 5.69 Å². The van der Waals surface area contributed by atoms with Crippen molar-refractivity contribution in [3.05, 3.63) is 55.8 Å². The average Bonchev–Trinajstić information content (AvgIpc) is 2.69. The molecule has 30 heavy (non-hydrogen) atoms. The first-order valence-electron chi connectivity index (χ1n) is 9.41. The maximum atomic E-state index is 12.7. The van der Waals surface area contributed by atoms with E-state index in [2.05, 4.69) is 10.4 Å². The van der Waals surface area contributed by atoms with E-state index in [4.69, 9.17) is 16.3 Å². The predicted octanol–water partition coefficient (Wildman–Crippen LogP) is -0.300. The van der Waals surface area contributed by atoms with Crippen LogP contribution in [0, 0.1) is 0 Å². The molecule has 1 aromatic heterocycles. The number of aliphatic hydroxyl groups is 2. The summed E-state index contributed by atoms with van der Waals surface area (Å²) in [6.45, 7) is -0.216. The number of benzene rings is 1. The van der Waals surface area contributed by atoms with Gasteiger partial charge >= 0.3 is 5.69 Å². The lowest BCUT2D eigenvalue weighted by molar-refractivity contribution is -0.0300. The van der Waals surface area contributed by atoms with Crippen molar-refractivity contribution in [1.29, 1.82) is 0 Å². The number of amides is 1. The fourth-order valence-electron chi connectivity index (χ4n) is 3.16. The van der Waals surface area contributed by atoms with Crippen LogP contribution in [0.15, 0.2) is 34.0 Å². The van der Waals surface area contributed by atoms with Gasteiger partial charge in [0.2, 0.25) is 0 Å². The van der Waals surface area contributed by atoms with Crippen LogP contribution in [0.2, 0.25) is 5.02 Å². The second-order valence-electron chi connectivity index (χ2n) is 7.32. The van der Waals surface area contributed by atoms with Crippen molar-refractivity contribution in [3.8, 4) is 5.69 Å². The van der Waals surface area contributed by atoms with E-state index < -0.39 is 28.9 Å². The van der Waals surface area contributed by atoms with Crippen LogP contribution in [0.5, 0.6) is 0 Å². The lowest BCUT2D eigenvalue weighted by atomic mass is 9.80. The van der Waals surface area contributed by atoms with Crippen LogP contribution >= 0.6 is 11.6 Å². The van der Waals surface area contributed by atoms with Gasteiger partial charge in [0.1, 0.15) is 6.20 Å². The number of rotatable bonds is 8. The molecule has 3 rings (SSSR count). The summed E-state index contributed by atoms with van der Waals surface area (Å²) in [5, 5.41) is 26.7. The molecule has 1 aliphatic carbocycles. The highest BCUT2D eigenvalue weighted by atomic mass is 35.5. The van der Waals surface area contributed by atoms with Gasteiger partial charge in [-0.05, 0) is 37.5 Å². The number of aromatic nitrogens is 3. The number of halogens is 1. The predicted molar refractivity (Wildman–Crippen MR) is 108 cm³/mol. The second kappa shape index (κ2) is 9.09. The first kappa shape index (κ1) is 22.2. The molecule has 1 fully saturated rings. The Balaban J connectivity index is 1.89. The van der Waals surface area contributed by atoms with Crippen molar-refractivity contribution in [2.45, 2.75) is 37.5 Å². The number of hydrogen-bond donors (Lipinski definition) is 3. The van der Waals surface area contributed by atoms with Crippen LogP contribution in [-0.2, 0) is 11.3 Å². The highest BCUT2D eigenvalue weighted by molar-refractivity contribution is 6.33. The molecule has 1 heterocycles. The van der Waals surface area contributed by atoms with Gasteiger partial charge in [-0.3, -0.25) is 14.2 Å². The quantitative estimate of drug-likeness (QED) is 0.514. The standard InChI is InChI=1S/C19H23ClN4O6/c1-30-10-13(25)9-23-16(26)8-22-24(18(23)28)12-3-4-15(20)14(7-12)17(27)21-11-19(29)5-2-6-19/h3-4,7-8,13,25,29H,2,5-6,9-11H2,1H3,(H,21,27)/t13-/m1/s1. The molecule has 10 nitrogen and oxygen atoms in total. The summed E-state index contributed by atoms with van der Waals surface area (Å²) in [4.78, 5) is 37.3. The number of methoxy groups -OCH3 is 1. The Morgan fingerprint density at radius 3 is 2.77 bits per heavy atom. The summed E-state index contributed by atoms with van der Waals surface area (Å²) in [5.74, 6) is -0.501. The summed E-state index contributed by atoms with van der Waals surface area (Å²) < 4.78 is 6.59. The van der Waals surface area contributed by atoms with Crippen molar-refractivity contribution in [2.75, 3.05) is 20.3 Å². The number of carbonyl (C=O) groups excluding carboxylic acids is 1. The zero-order chi connectivity index (χ0) is 21.9. The molecule has 0 bridgehead atoms. The number of nitrogens with zero attached hydrogens (tertiary/aromatic N) is 3. The molecule has 11 heteroatoms. The Labute approximate surface area is 176 Å². The molecule has 1 saturated carbocycles. The lowest BCUT2D eigenvalue weighted by Crippen LogP contribution is -2.47. The van der Waals surface area contributed by atoms with Gasteiger partial charge in [-0.25, -0.2) is 4.79 Å². The molecule has 0 aliphatic heterocycles. The van der Waals surface area contributed by atoms with Crippen LogP contribution in [0.3, 0.4) is 0 Å². The molecule has 2 aromatic rings. The van der Waals surface area contributed by atoms with E-state index in [0.717, 1.165) is 21.9 Å². The van der Waals surface area contributed by atoms with Gasteiger partial charge in [0, 0.05) is 13.7 Å². The third kappa shape index (κ3) is 4.78. The van der Waals surface area contributed by atoms with Gasteiger partial charge in [-0.1, -0.05) is 11.6 Å². The molecule has 1 atom stereocenters. The molecule has 0 unspecified atom stereocenters. The minimum absolute atomic E-state index is 0.0498. The number of carbonyl (C=O) groups is 1. The summed E-state index contributed by atoms with van der Waals surface area (Å²) in [5.41, 5.74) is -2.03. The van der Waals surface area contributed by atoms with E-state index in [0.29, 0.717) is 12.8 Å². The van der Waals surface area contributed by atoms with Gasteiger partial charge in [-0.15, -0.1) is 0 Å².